The second kappa shape index (κ2) is 6.68. The topological polar surface area (TPSA) is 55.1 Å². The molecular weight excluding hydrogens is 360 g/mol. The van der Waals surface area contributed by atoms with E-state index in [1.54, 1.807) is 12.1 Å². The summed E-state index contributed by atoms with van der Waals surface area (Å²) in [5, 5.41) is 2.89. The Morgan fingerprint density at radius 3 is 2.17 bits per heavy atom. The molecule has 0 saturated carbocycles. The van der Waals surface area contributed by atoms with Crippen LogP contribution in [-0.4, -0.2) is 18.0 Å². The van der Waals surface area contributed by atoms with E-state index in [4.69, 9.17) is 5.73 Å². The second-order valence-electron chi connectivity index (χ2n) is 4.41. The number of halogens is 2. The molecule has 0 atom stereocenters. The van der Waals surface area contributed by atoms with Gasteiger partial charge in [0.1, 0.15) is 0 Å². The smallest absolute Gasteiger partial charge is 0.251 e. The van der Waals surface area contributed by atoms with Crippen molar-refractivity contribution in [2.75, 3.05) is 6.54 Å². The van der Waals surface area contributed by atoms with Crippen LogP contribution < -0.4 is 11.1 Å². The zero-order chi connectivity index (χ0) is 13.8. The minimum absolute atomic E-state index is 0.103. The number of amides is 1. The first kappa shape index (κ1) is 15.7. The Hall–Kier alpha value is -0.390. The summed E-state index contributed by atoms with van der Waals surface area (Å²) in [5.41, 5.74) is 6.45. The van der Waals surface area contributed by atoms with Crippen LogP contribution in [0.4, 0.5) is 0 Å². The molecule has 1 amide bonds. The van der Waals surface area contributed by atoms with Gasteiger partial charge in [-0.1, -0.05) is 45.7 Å². The van der Waals surface area contributed by atoms with Crippen molar-refractivity contribution in [2.45, 2.75) is 32.2 Å². The Labute approximate surface area is 125 Å². The van der Waals surface area contributed by atoms with Crippen LogP contribution in [-0.2, 0) is 0 Å². The average molecular weight is 378 g/mol. The zero-order valence-corrected chi connectivity index (χ0v) is 13.8. The van der Waals surface area contributed by atoms with Gasteiger partial charge in [-0.15, -0.1) is 0 Å². The van der Waals surface area contributed by atoms with Crippen LogP contribution in [0, 0.1) is 0 Å². The van der Waals surface area contributed by atoms with Gasteiger partial charge < -0.3 is 11.1 Å². The highest BCUT2D eigenvalue weighted by Crippen LogP contribution is 2.20. The molecule has 0 spiro atoms. The normalized spacial score (nSPS) is 11.4. The standard InChI is InChI=1S/C13H18Br2N2O/c1-3-13(16,4-2)8-17-12(18)9-5-10(14)7-11(15)6-9/h5-7H,3-4,8,16H2,1-2H3,(H,17,18). The highest BCUT2D eigenvalue weighted by molar-refractivity contribution is 9.11. The minimum atomic E-state index is -0.321. The summed E-state index contributed by atoms with van der Waals surface area (Å²) in [4.78, 5) is 12.0. The number of rotatable bonds is 5. The summed E-state index contributed by atoms with van der Waals surface area (Å²) in [5.74, 6) is -0.103. The third-order valence-electron chi connectivity index (χ3n) is 3.13. The molecule has 0 fully saturated rings. The molecule has 0 radical (unpaired) electrons. The molecule has 0 heterocycles. The van der Waals surface area contributed by atoms with Gasteiger partial charge in [0.25, 0.3) is 5.91 Å². The molecule has 0 bridgehead atoms. The van der Waals surface area contributed by atoms with E-state index < -0.39 is 0 Å². The molecule has 1 rings (SSSR count). The highest BCUT2D eigenvalue weighted by Gasteiger charge is 2.21. The number of nitrogens with one attached hydrogen (secondary N) is 1. The van der Waals surface area contributed by atoms with Gasteiger partial charge in [-0.25, -0.2) is 0 Å². The third kappa shape index (κ3) is 4.37. The van der Waals surface area contributed by atoms with Gasteiger partial charge in [0.05, 0.1) is 0 Å². The molecule has 3 nitrogen and oxygen atoms in total. The van der Waals surface area contributed by atoms with E-state index in [1.165, 1.54) is 0 Å². The second-order valence-corrected chi connectivity index (χ2v) is 6.24. The molecule has 5 heteroatoms. The first-order chi connectivity index (χ1) is 8.40. The predicted octanol–water partition coefficient (Wildman–Crippen LogP) is 3.46. The van der Waals surface area contributed by atoms with Crippen molar-refractivity contribution in [3.8, 4) is 0 Å². The zero-order valence-electron chi connectivity index (χ0n) is 10.6. The number of nitrogens with two attached hydrogens (primary N) is 1. The van der Waals surface area contributed by atoms with Crippen LogP contribution in [0.15, 0.2) is 27.1 Å². The Balaban J connectivity index is 2.71. The lowest BCUT2D eigenvalue weighted by atomic mass is 9.94. The van der Waals surface area contributed by atoms with Crippen LogP contribution in [0.25, 0.3) is 0 Å². The molecule has 18 heavy (non-hydrogen) atoms. The monoisotopic (exact) mass is 376 g/mol. The van der Waals surface area contributed by atoms with E-state index in [0.29, 0.717) is 12.1 Å². The van der Waals surface area contributed by atoms with Crippen molar-refractivity contribution in [1.82, 2.24) is 5.32 Å². The van der Waals surface area contributed by atoms with Gasteiger partial charge in [-0.2, -0.15) is 0 Å². The lowest BCUT2D eigenvalue weighted by Crippen LogP contribution is -2.49. The van der Waals surface area contributed by atoms with E-state index >= 15 is 0 Å². The number of hydrogen-bond acceptors (Lipinski definition) is 2. The fraction of sp³-hybridized carbons (Fsp3) is 0.462. The van der Waals surface area contributed by atoms with E-state index in [2.05, 4.69) is 37.2 Å². The molecule has 1 aromatic rings. The minimum Gasteiger partial charge on any atom is -0.350 e. The first-order valence-electron chi connectivity index (χ1n) is 5.93. The Morgan fingerprint density at radius 1 is 1.22 bits per heavy atom. The summed E-state index contributed by atoms with van der Waals surface area (Å²) < 4.78 is 1.74. The third-order valence-corrected chi connectivity index (χ3v) is 4.05. The van der Waals surface area contributed by atoms with Crippen molar-refractivity contribution in [3.63, 3.8) is 0 Å². The summed E-state index contributed by atoms with van der Waals surface area (Å²) in [7, 11) is 0. The van der Waals surface area contributed by atoms with Crippen LogP contribution in [0.1, 0.15) is 37.0 Å². The van der Waals surface area contributed by atoms with Crippen molar-refractivity contribution < 1.29 is 4.79 Å². The van der Waals surface area contributed by atoms with Gasteiger partial charge in [0.2, 0.25) is 0 Å². The van der Waals surface area contributed by atoms with Crippen LogP contribution in [0.2, 0.25) is 0 Å². The van der Waals surface area contributed by atoms with Gasteiger partial charge >= 0.3 is 0 Å². The van der Waals surface area contributed by atoms with Crippen molar-refractivity contribution in [1.29, 1.82) is 0 Å². The fourth-order valence-corrected chi connectivity index (χ4v) is 2.84. The SMILES string of the molecule is CCC(N)(CC)CNC(=O)c1cc(Br)cc(Br)c1. The largest absolute Gasteiger partial charge is 0.350 e. The molecular formula is C13H18Br2N2O. The molecule has 100 valence electrons. The quantitative estimate of drug-likeness (QED) is 0.825. The van der Waals surface area contributed by atoms with Gasteiger partial charge in [0, 0.05) is 26.6 Å². The maximum absolute atomic E-state index is 12.0. The molecule has 0 aliphatic carbocycles. The number of carbonyl (C=O) groups excluding carboxylic acids is 1. The Morgan fingerprint density at radius 2 is 1.72 bits per heavy atom. The average Bonchev–Trinajstić information content (AvgIpc) is 2.34. The molecule has 0 aromatic heterocycles. The van der Waals surface area contributed by atoms with Crippen molar-refractivity contribution in [3.05, 3.63) is 32.7 Å². The highest BCUT2D eigenvalue weighted by atomic mass is 79.9. The van der Waals surface area contributed by atoms with Gasteiger partial charge in [-0.3, -0.25) is 4.79 Å². The van der Waals surface area contributed by atoms with Crippen LogP contribution >= 0.6 is 31.9 Å². The van der Waals surface area contributed by atoms with Crippen LogP contribution in [0.3, 0.4) is 0 Å². The molecule has 0 aliphatic heterocycles. The number of carbonyl (C=O) groups is 1. The number of benzene rings is 1. The fourth-order valence-electron chi connectivity index (χ4n) is 1.54. The summed E-state index contributed by atoms with van der Waals surface area (Å²) >= 11 is 6.73. The van der Waals surface area contributed by atoms with E-state index in [0.717, 1.165) is 21.8 Å². The lowest BCUT2D eigenvalue weighted by molar-refractivity contribution is 0.0942. The number of hydrogen-bond donors (Lipinski definition) is 2. The Kier molecular flexibility index (Phi) is 5.82. The molecule has 3 N–H and O–H groups in total. The summed E-state index contributed by atoms with van der Waals surface area (Å²) in [6, 6.07) is 5.47. The molecule has 0 saturated heterocycles. The van der Waals surface area contributed by atoms with E-state index in [-0.39, 0.29) is 11.4 Å². The van der Waals surface area contributed by atoms with Crippen LogP contribution in [0.5, 0.6) is 0 Å². The molecule has 1 aromatic carbocycles. The van der Waals surface area contributed by atoms with E-state index in [9.17, 15) is 4.79 Å². The maximum atomic E-state index is 12.0. The van der Waals surface area contributed by atoms with Crippen molar-refractivity contribution in [2.24, 2.45) is 5.73 Å². The molecule has 0 unspecified atom stereocenters. The van der Waals surface area contributed by atoms with E-state index in [1.807, 2.05) is 19.9 Å². The summed E-state index contributed by atoms with van der Waals surface area (Å²) in [6.45, 7) is 4.56. The first-order valence-corrected chi connectivity index (χ1v) is 7.52. The predicted molar refractivity (Wildman–Crippen MR) is 81.7 cm³/mol. The van der Waals surface area contributed by atoms with Crippen molar-refractivity contribution >= 4 is 37.8 Å². The Bertz CT molecular complexity index is 411. The maximum Gasteiger partial charge on any atom is 0.251 e. The van der Waals surface area contributed by atoms with Gasteiger partial charge in [0.15, 0.2) is 0 Å². The summed E-state index contributed by atoms with van der Waals surface area (Å²) in [6.07, 6.45) is 1.68. The van der Waals surface area contributed by atoms with Gasteiger partial charge in [-0.05, 0) is 31.0 Å². The molecule has 0 aliphatic rings. The lowest BCUT2D eigenvalue weighted by Gasteiger charge is -2.26.